The van der Waals surface area contributed by atoms with E-state index in [1.165, 1.54) is 6.20 Å². The number of hydrogen-bond acceptors (Lipinski definition) is 4. The van der Waals surface area contributed by atoms with Crippen molar-refractivity contribution in [3.05, 3.63) is 52.6 Å². The van der Waals surface area contributed by atoms with Crippen LogP contribution in [0.15, 0.2) is 36.6 Å². The highest BCUT2D eigenvalue weighted by Crippen LogP contribution is 2.29. The molecule has 1 aromatic carbocycles. The average molecular weight is 374 g/mol. The number of alkyl halides is 2. The normalized spacial score (nSPS) is 22.5. The van der Waals surface area contributed by atoms with Crippen LogP contribution in [-0.2, 0) is 0 Å². The lowest BCUT2D eigenvalue weighted by molar-refractivity contribution is 0.180. The molecule has 27 heavy (non-hydrogen) atoms. The number of nitrogens with two attached hydrogens (primary N) is 1. The highest BCUT2D eigenvalue weighted by atomic mass is 19.3. The number of hydrogen-bond donors (Lipinski definition) is 4. The summed E-state index contributed by atoms with van der Waals surface area (Å²) in [7, 11) is 0. The van der Waals surface area contributed by atoms with E-state index in [1.807, 2.05) is 12.1 Å². The number of benzene rings is 1. The predicted octanol–water partition coefficient (Wildman–Crippen LogP) is 1.74. The van der Waals surface area contributed by atoms with Crippen molar-refractivity contribution in [2.75, 3.05) is 25.0 Å². The third-order valence-corrected chi connectivity index (χ3v) is 5.28. The number of allylic oxidation sites excluding steroid dienone is 2. The Morgan fingerprint density at radius 2 is 2.04 bits per heavy atom. The lowest BCUT2D eigenvalue weighted by Crippen LogP contribution is -2.39. The van der Waals surface area contributed by atoms with E-state index < -0.39 is 6.43 Å². The van der Waals surface area contributed by atoms with Crippen LogP contribution in [0.25, 0.3) is 12.3 Å². The number of piperidine rings is 1. The molecule has 3 rings (SSSR count). The predicted molar refractivity (Wildman–Crippen MR) is 108 cm³/mol. The first kappa shape index (κ1) is 19.4. The molecule has 1 atom stereocenters. The summed E-state index contributed by atoms with van der Waals surface area (Å²) < 4.78 is 26.3. The summed E-state index contributed by atoms with van der Waals surface area (Å²) in [5.41, 5.74) is 8.07. The maximum Gasteiger partial charge on any atom is 0.261 e. The van der Waals surface area contributed by atoms with Crippen molar-refractivity contribution in [1.29, 1.82) is 0 Å². The molecule has 0 aliphatic carbocycles. The van der Waals surface area contributed by atoms with Crippen LogP contribution >= 0.6 is 0 Å². The van der Waals surface area contributed by atoms with Gasteiger partial charge in [-0.05, 0) is 49.2 Å². The molecule has 0 bridgehead atoms. The van der Waals surface area contributed by atoms with Gasteiger partial charge in [0.2, 0.25) is 0 Å². The van der Waals surface area contributed by atoms with E-state index >= 15 is 0 Å². The molecule has 1 aromatic rings. The van der Waals surface area contributed by atoms with E-state index in [2.05, 4.69) is 28.6 Å². The molecular weight excluding hydrogens is 346 g/mol. The van der Waals surface area contributed by atoms with Crippen molar-refractivity contribution in [2.24, 2.45) is 5.73 Å². The molecule has 0 saturated carbocycles. The van der Waals surface area contributed by atoms with E-state index in [9.17, 15) is 8.78 Å². The monoisotopic (exact) mass is 374 g/mol. The maximum absolute atomic E-state index is 13.1. The van der Waals surface area contributed by atoms with E-state index in [4.69, 9.17) is 5.73 Å². The largest absolute Gasteiger partial charge is 0.404 e. The fourth-order valence-electron chi connectivity index (χ4n) is 3.83. The zero-order valence-corrected chi connectivity index (χ0v) is 15.5. The third kappa shape index (κ3) is 4.69. The van der Waals surface area contributed by atoms with Crippen molar-refractivity contribution < 1.29 is 8.78 Å². The molecule has 0 spiro atoms. The number of nitrogens with one attached hydrogen (secondary N) is 3. The number of anilines is 1. The van der Waals surface area contributed by atoms with Gasteiger partial charge in [-0.25, -0.2) is 8.78 Å². The second kappa shape index (κ2) is 9.04. The van der Waals surface area contributed by atoms with E-state index in [1.54, 1.807) is 12.3 Å². The Kier molecular flexibility index (Phi) is 6.50. The van der Waals surface area contributed by atoms with E-state index in [0.29, 0.717) is 19.0 Å². The second-order valence-electron chi connectivity index (χ2n) is 7.14. The summed E-state index contributed by atoms with van der Waals surface area (Å²) in [6.07, 6.45) is 6.70. The summed E-state index contributed by atoms with van der Waals surface area (Å²) in [6, 6.07) is 4.48. The molecule has 1 saturated heterocycles. The Bertz CT molecular complexity index is 810. The van der Waals surface area contributed by atoms with Gasteiger partial charge in [0.05, 0.1) is 0 Å². The van der Waals surface area contributed by atoms with Gasteiger partial charge < -0.3 is 21.7 Å². The van der Waals surface area contributed by atoms with Gasteiger partial charge in [-0.15, -0.1) is 0 Å². The SMILES string of the molecule is C=C/C=c1/cc(C2CNC=C(C(F)F)C2)cc(NC2CCNCC2)/c1=C/N. The molecule has 146 valence electrons. The van der Waals surface area contributed by atoms with Crippen molar-refractivity contribution in [3.63, 3.8) is 0 Å². The first-order chi connectivity index (χ1) is 13.1. The van der Waals surface area contributed by atoms with Crippen LogP contribution < -0.4 is 32.1 Å². The van der Waals surface area contributed by atoms with Crippen LogP contribution in [-0.4, -0.2) is 32.1 Å². The van der Waals surface area contributed by atoms with Crippen LogP contribution in [0.4, 0.5) is 14.5 Å². The van der Waals surface area contributed by atoms with Gasteiger partial charge in [0.15, 0.2) is 0 Å². The minimum atomic E-state index is -2.43. The van der Waals surface area contributed by atoms with Gasteiger partial charge in [0.25, 0.3) is 6.43 Å². The summed E-state index contributed by atoms with van der Waals surface area (Å²) in [5, 5.41) is 11.9. The first-order valence-electron chi connectivity index (χ1n) is 9.48. The van der Waals surface area contributed by atoms with Gasteiger partial charge in [-0.1, -0.05) is 24.8 Å². The van der Waals surface area contributed by atoms with Crippen molar-refractivity contribution >= 4 is 18.0 Å². The molecule has 1 fully saturated rings. The number of halogens is 2. The van der Waals surface area contributed by atoms with Gasteiger partial charge >= 0.3 is 0 Å². The van der Waals surface area contributed by atoms with Crippen molar-refractivity contribution in [3.8, 4) is 0 Å². The third-order valence-electron chi connectivity index (χ3n) is 5.28. The summed E-state index contributed by atoms with van der Waals surface area (Å²) >= 11 is 0. The standard InChI is InChI=1S/C21H28F2N4/c1-2-3-14-8-15(16-9-17(21(22)23)13-26-12-16)10-20(19(14)11-24)27-18-4-6-25-7-5-18/h2-3,8,10-11,13,16,18,21,25-27H,1,4-7,9,12,24H2/b14-3-,19-11+. The molecule has 5 N–H and O–H groups in total. The first-order valence-corrected chi connectivity index (χ1v) is 9.48. The summed E-state index contributed by atoms with van der Waals surface area (Å²) in [5.74, 6) is -0.00337. The molecule has 0 aromatic heterocycles. The van der Waals surface area contributed by atoms with Crippen molar-refractivity contribution in [1.82, 2.24) is 10.6 Å². The zero-order valence-electron chi connectivity index (χ0n) is 15.5. The molecule has 2 aliphatic rings. The summed E-state index contributed by atoms with van der Waals surface area (Å²) in [4.78, 5) is 0. The fourth-order valence-corrected chi connectivity index (χ4v) is 3.83. The molecule has 2 aliphatic heterocycles. The second-order valence-corrected chi connectivity index (χ2v) is 7.14. The smallest absolute Gasteiger partial charge is 0.261 e. The molecule has 1 unspecified atom stereocenters. The molecule has 6 heteroatoms. The number of rotatable bonds is 5. The maximum atomic E-state index is 13.1. The zero-order chi connectivity index (χ0) is 19.2. The van der Waals surface area contributed by atoms with Crippen molar-refractivity contribution in [2.45, 2.75) is 37.6 Å². The Morgan fingerprint density at radius 3 is 2.70 bits per heavy atom. The van der Waals surface area contributed by atoms with E-state index in [0.717, 1.165) is 47.6 Å². The fraction of sp³-hybridized carbons (Fsp3) is 0.429. The Morgan fingerprint density at radius 1 is 1.26 bits per heavy atom. The minimum absolute atomic E-state index is 0.00337. The minimum Gasteiger partial charge on any atom is -0.404 e. The summed E-state index contributed by atoms with van der Waals surface area (Å²) in [6.45, 7) is 6.41. The Balaban J connectivity index is 1.98. The van der Waals surface area contributed by atoms with Crippen LogP contribution in [0.1, 0.15) is 30.7 Å². The average Bonchev–Trinajstić information content (AvgIpc) is 2.69. The topological polar surface area (TPSA) is 62.1 Å². The molecule has 2 heterocycles. The molecule has 4 nitrogen and oxygen atoms in total. The highest BCUT2D eigenvalue weighted by Gasteiger charge is 2.23. The Hall–Kier alpha value is -2.34. The molecular formula is C21H28F2N4. The lowest BCUT2D eigenvalue weighted by Gasteiger charge is -2.27. The van der Waals surface area contributed by atoms with Gasteiger partial charge in [-0.3, -0.25) is 0 Å². The van der Waals surface area contributed by atoms with E-state index in [-0.39, 0.29) is 11.5 Å². The highest BCUT2D eigenvalue weighted by molar-refractivity contribution is 5.55. The Labute approximate surface area is 158 Å². The molecule has 0 amide bonds. The van der Waals surface area contributed by atoms with Gasteiger partial charge in [0.1, 0.15) is 0 Å². The van der Waals surface area contributed by atoms with Gasteiger partial charge in [0, 0.05) is 47.4 Å². The lowest BCUT2D eigenvalue weighted by atomic mass is 9.89. The van der Waals surface area contributed by atoms with Crippen LogP contribution in [0.2, 0.25) is 0 Å². The molecule has 0 radical (unpaired) electrons. The van der Waals surface area contributed by atoms with Crippen LogP contribution in [0.5, 0.6) is 0 Å². The van der Waals surface area contributed by atoms with Crippen LogP contribution in [0, 0.1) is 0 Å². The quantitative estimate of drug-likeness (QED) is 0.634. The van der Waals surface area contributed by atoms with Crippen LogP contribution in [0.3, 0.4) is 0 Å². The van der Waals surface area contributed by atoms with Gasteiger partial charge in [-0.2, -0.15) is 0 Å².